The molecule has 1 rings (SSSR count). The Morgan fingerprint density at radius 2 is 2.31 bits per heavy atom. The Hall–Kier alpha value is -1.08. The van der Waals surface area contributed by atoms with Gasteiger partial charge in [0.25, 0.3) is 0 Å². The van der Waals surface area contributed by atoms with Crippen LogP contribution in [0.4, 0.5) is 0 Å². The topological polar surface area (TPSA) is 85.8 Å². The van der Waals surface area contributed by atoms with Gasteiger partial charge in [0.1, 0.15) is 5.82 Å². The van der Waals surface area contributed by atoms with E-state index in [2.05, 4.69) is 15.5 Å². The summed E-state index contributed by atoms with van der Waals surface area (Å²) in [6, 6.07) is 0. The minimum absolute atomic E-state index is 0.0232. The smallest absolute Gasteiger partial charge is 0.233 e. The molecule has 1 heterocycles. The normalized spacial score (nSPS) is 12.5. The predicted molar refractivity (Wildman–Crippen MR) is 63.0 cm³/mol. The Morgan fingerprint density at radius 3 is 2.81 bits per heavy atom. The molecule has 1 atom stereocenters. The molecule has 6 nitrogen and oxygen atoms in total. The van der Waals surface area contributed by atoms with Crippen LogP contribution in [0.1, 0.15) is 19.7 Å². The van der Waals surface area contributed by atoms with E-state index in [0.717, 1.165) is 17.5 Å². The van der Waals surface area contributed by atoms with E-state index in [1.54, 1.807) is 7.05 Å². The van der Waals surface area contributed by atoms with Crippen LogP contribution in [-0.2, 0) is 17.9 Å². The molecule has 1 unspecified atom stereocenters. The summed E-state index contributed by atoms with van der Waals surface area (Å²) in [5.74, 6) is 0.721. The van der Waals surface area contributed by atoms with Crippen molar-refractivity contribution >= 4 is 17.7 Å². The molecule has 3 N–H and O–H groups in total. The summed E-state index contributed by atoms with van der Waals surface area (Å²) >= 11 is 1.39. The fourth-order valence-corrected chi connectivity index (χ4v) is 2.28. The summed E-state index contributed by atoms with van der Waals surface area (Å²) in [7, 11) is 1.62. The van der Waals surface area contributed by atoms with Gasteiger partial charge in [0.15, 0.2) is 5.16 Å². The minimum atomic E-state index is -0.190. The molecule has 0 fully saturated rings. The first kappa shape index (κ1) is 13.0. The third-order valence-corrected chi connectivity index (χ3v) is 3.27. The number of carbonyl (C=O) groups is 1. The van der Waals surface area contributed by atoms with E-state index in [1.807, 2.05) is 18.4 Å². The summed E-state index contributed by atoms with van der Waals surface area (Å²) in [5.41, 5.74) is 5.54. The highest BCUT2D eigenvalue weighted by Crippen LogP contribution is 2.22. The van der Waals surface area contributed by atoms with Gasteiger partial charge in [-0.1, -0.05) is 11.8 Å². The van der Waals surface area contributed by atoms with Crippen molar-refractivity contribution < 1.29 is 4.79 Å². The van der Waals surface area contributed by atoms with Crippen molar-refractivity contribution in [1.82, 2.24) is 20.1 Å². The van der Waals surface area contributed by atoms with E-state index in [-0.39, 0.29) is 11.2 Å². The second-order valence-electron chi connectivity index (χ2n) is 3.22. The van der Waals surface area contributed by atoms with Gasteiger partial charge in [-0.05, 0) is 13.8 Å². The summed E-state index contributed by atoms with van der Waals surface area (Å²) < 4.78 is 1.92. The van der Waals surface area contributed by atoms with Gasteiger partial charge >= 0.3 is 0 Å². The Morgan fingerprint density at radius 1 is 1.62 bits per heavy atom. The number of nitrogens with two attached hydrogens (primary N) is 1. The van der Waals surface area contributed by atoms with Crippen molar-refractivity contribution in [3.05, 3.63) is 5.82 Å². The zero-order valence-corrected chi connectivity index (χ0v) is 10.5. The lowest BCUT2D eigenvalue weighted by molar-refractivity contribution is -0.119. The van der Waals surface area contributed by atoms with E-state index in [0.29, 0.717) is 6.54 Å². The number of aromatic nitrogens is 3. The number of carbonyl (C=O) groups excluding carboxylic acids is 1. The Bertz CT molecular complexity index is 365. The van der Waals surface area contributed by atoms with E-state index in [4.69, 9.17) is 5.73 Å². The lowest BCUT2D eigenvalue weighted by Crippen LogP contribution is -2.27. The maximum atomic E-state index is 11.4. The lowest BCUT2D eigenvalue weighted by atomic mass is 10.4. The zero-order valence-electron chi connectivity index (χ0n) is 9.73. The van der Waals surface area contributed by atoms with Crippen LogP contribution in [-0.4, -0.2) is 33.0 Å². The van der Waals surface area contributed by atoms with Gasteiger partial charge in [-0.25, -0.2) is 0 Å². The van der Waals surface area contributed by atoms with Crippen LogP contribution in [0.15, 0.2) is 5.16 Å². The third kappa shape index (κ3) is 2.73. The molecular formula is C9H17N5OS. The third-order valence-electron chi connectivity index (χ3n) is 2.19. The monoisotopic (exact) mass is 243 g/mol. The first-order valence-corrected chi connectivity index (χ1v) is 6.02. The van der Waals surface area contributed by atoms with E-state index in [9.17, 15) is 4.79 Å². The molecule has 7 heteroatoms. The Kier molecular flexibility index (Phi) is 4.75. The molecule has 0 aromatic carbocycles. The minimum Gasteiger partial charge on any atom is -0.358 e. The SMILES string of the molecule is CCn1c(CN)nnc1SC(C)C(=O)NC. The fraction of sp³-hybridized carbons (Fsp3) is 0.667. The Balaban J connectivity index is 2.80. The predicted octanol–water partition coefficient (Wildman–Crippen LogP) is -0.0167. The van der Waals surface area contributed by atoms with Gasteiger partial charge in [0.2, 0.25) is 5.91 Å². The highest BCUT2D eigenvalue weighted by Gasteiger charge is 2.17. The van der Waals surface area contributed by atoms with Crippen molar-refractivity contribution in [2.45, 2.75) is 37.3 Å². The van der Waals surface area contributed by atoms with Crippen molar-refractivity contribution in [3.63, 3.8) is 0 Å². The quantitative estimate of drug-likeness (QED) is 0.710. The maximum absolute atomic E-state index is 11.4. The number of rotatable bonds is 5. The summed E-state index contributed by atoms with van der Waals surface area (Å²) in [4.78, 5) is 11.4. The van der Waals surface area contributed by atoms with Crippen molar-refractivity contribution in [3.8, 4) is 0 Å². The van der Waals surface area contributed by atoms with E-state index < -0.39 is 0 Å². The second-order valence-corrected chi connectivity index (χ2v) is 4.53. The van der Waals surface area contributed by atoms with Crippen LogP contribution in [0, 0.1) is 0 Å². The van der Waals surface area contributed by atoms with E-state index in [1.165, 1.54) is 11.8 Å². The molecule has 0 aliphatic rings. The molecular weight excluding hydrogens is 226 g/mol. The van der Waals surface area contributed by atoms with Crippen molar-refractivity contribution in [2.24, 2.45) is 5.73 Å². The van der Waals surface area contributed by atoms with Crippen LogP contribution >= 0.6 is 11.8 Å². The molecule has 0 aliphatic carbocycles. The molecule has 1 aromatic rings. The van der Waals surface area contributed by atoms with Crippen LogP contribution in [0.3, 0.4) is 0 Å². The van der Waals surface area contributed by atoms with Crippen molar-refractivity contribution in [2.75, 3.05) is 7.05 Å². The molecule has 0 saturated heterocycles. The average Bonchev–Trinajstić information content (AvgIpc) is 2.69. The van der Waals surface area contributed by atoms with Crippen LogP contribution in [0.25, 0.3) is 0 Å². The van der Waals surface area contributed by atoms with Crippen LogP contribution in [0.2, 0.25) is 0 Å². The van der Waals surface area contributed by atoms with Gasteiger partial charge in [0.05, 0.1) is 11.8 Å². The number of thioether (sulfide) groups is 1. The highest BCUT2D eigenvalue weighted by molar-refractivity contribution is 8.00. The van der Waals surface area contributed by atoms with Crippen molar-refractivity contribution in [1.29, 1.82) is 0 Å². The maximum Gasteiger partial charge on any atom is 0.233 e. The summed E-state index contributed by atoms with van der Waals surface area (Å²) in [6.07, 6.45) is 0. The first-order chi connectivity index (χ1) is 7.63. The molecule has 0 bridgehead atoms. The van der Waals surface area contributed by atoms with E-state index >= 15 is 0 Å². The van der Waals surface area contributed by atoms with Gasteiger partial charge in [-0.2, -0.15) is 0 Å². The van der Waals surface area contributed by atoms with Gasteiger partial charge in [0, 0.05) is 13.6 Å². The molecule has 0 spiro atoms. The standard InChI is InChI=1S/C9H17N5OS/c1-4-14-7(5-10)12-13-9(14)16-6(2)8(15)11-3/h6H,4-5,10H2,1-3H3,(H,11,15). The van der Waals surface area contributed by atoms with Gasteiger partial charge in [-0.15, -0.1) is 10.2 Å². The zero-order chi connectivity index (χ0) is 12.1. The Labute approximate surface area is 99.0 Å². The first-order valence-electron chi connectivity index (χ1n) is 5.14. The average molecular weight is 243 g/mol. The molecule has 1 aromatic heterocycles. The number of amides is 1. The molecule has 90 valence electrons. The number of nitrogens with zero attached hydrogens (tertiary/aromatic N) is 3. The van der Waals surface area contributed by atoms with Gasteiger partial charge < -0.3 is 15.6 Å². The second kappa shape index (κ2) is 5.86. The largest absolute Gasteiger partial charge is 0.358 e. The molecule has 0 aliphatic heterocycles. The lowest BCUT2D eigenvalue weighted by Gasteiger charge is -2.10. The van der Waals surface area contributed by atoms with Crippen LogP contribution < -0.4 is 11.1 Å². The molecule has 0 saturated carbocycles. The molecule has 1 amide bonds. The summed E-state index contributed by atoms with van der Waals surface area (Å²) in [6.45, 7) is 4.94. The summed E-state index contributed by atoms with van der Waals surface area (Å²) in [5, 5.41) is 11.2. The number of hydrogen-bond donors (Lipinski definition) is 2. The highest BCUT2D eigenvalue weighted by atomic mass is 32.2. The van der Waals surface area contributed by atoms with Gasteiger partial charge in [-0.3, -0.25) is 4.79 Å². The number of nitrogens with one attached hydrogen (secondary N) is 1. The fourth-order valence-electron chi connectivity index (χ4n) is 1.29. The molecule has 0 radical (unpaired) electrons. The molecule has 16 heavy (non-hydrogen) atoms. The van der Waals surface area contributed by atoms with Crippen LogP contribution in [0.5, 0.6) is 0 Å². The number of hydrogen-bond acceptors (Lipinski definition) is 5.